The average Bonchev–Trinajstić information content (AvgIpc) is 2.43. The minimum Gasteiger partial charge on any atom is -0.495 e. The monoisotopic (exact) mass is 331 g/mol. The second kappa shape index (κ2) is 8.63. The van der Waals surface area contributed by atoms with Crippen molar-refractivity contribution in [3.05, 3.63) is 23.2 Å². The molecular weight excluding hydrogens is 314 g/mol. The first-order valence-electron chi connectivity index (χ1n) is 6.17. The van der Waals surface area contributed by atoms with E-state index in [1.807, 2.05) is 6.26 Å². The van der Waals surface area contributed by atoms with Crippen molar-refractivity contribution in [3.8, 4) is 5.75 Å². The molecule has 0 bridgehead atoms. The van der Waals surface area contributed by atoms with Crippen molar-refractivity contribution in [2.24, 2.45) is 5.73 Å². The van der Waals surface area contributed by atoms with Crippen LogP contribution in [0.1, 0.15) is 6.42 Å². The van der Waals surface area contributed by atoms with Gasteiger partial charge in [0.1, 0.15) is 11.8 Å². The standard InChI is InChI=1S/C13H18ClN3O3S/c1-20-11-4-3-8(7-9(11)14)16-12(18)10(5-6-21-2)17-13(15)19/h3-4,7,10H,5-6H2,1-2H3,(H,16,18)(H3,15,17,19)/t10-/m1/s1. The predicted molar refractivity (Wildman–Crippen MR) is 86.1 cm³/mol. The average molecular weight is 332 g/mol. The lowest BCUT2D eigenvalue weighted by atomic mass is 10.2. The molecule has 1 aromatic rings. The summed E-state index contributed by atoms with van der Waals surface area (Å²) < 4.78 is 5.04. The molecule has 0 radical (unpaired) electrons. The maximum absolute atomic E-state index is 12.2. The van der Waals surface area contributed by atoms with E-state index in [9.17, 15) is 9.59 Å². The normalized spacial score (nSPS) is 11.6. The highest BCUT2D eigenvalue weighted by atomic mass is 35.5. The van der Waals surface area contributed by atoms with Crippen LogP contribution in [0.25, 0.3) is 0 Å². The molecule has 8 heteroatoms. The number of ether oxygens (including phenoxy) is 1. The molecule has 0 aliphatic rings. The number of nitrogens with two attached hydrogens (primary N) is 1. The molecule has 1 atom stereocenters. The number of urea groups is 1. The van der Waals surface area contributed by atoms with E-state index in [0.717, 1.165) is 5.75 Å². The van der Waals surface area contributed by atoms with Crippen LogP contribution in [0.2, 0.25) is 5.02 Å². The maximum Gasteiger partial charge on any atom is 0.312 e. The third-order valence-electron chi connectivity index (χ3n) is 2.66. The Morgan fingerprint density at radius 2 is 2.19 bits per heavy atom. The second-order valence-corrected chi connectivity index (χ2v) is 5.57. The topological polar surface area (TPSA) is 93.4 Å². The van der Waals surface area contributed by atoms with Gasteiger partial charge in [-0.05, 0) is 36.6 Å². The third-order valence-corrected chi connectivity index (χ3v) is 3.60. The van der Waals surface area contributed by atoms with Crippen molar-refractivity contribution in [3.63, 3.8) is 0 Å². The van der Waals surface area contributed by atoms with Crippen LogP contribution in [0.5, 0.6) is 5.75 Å². The van der Waals surface area contributed by atoms with E-state index in [4.69, 9.17) is 22.1 Å². The van der Waals surface area contributed by atoms with Crippen molar-refractivity contribution < 1.29 is 14.3 Å². The number of hydrogen-bond donors (Lipinski definition) is 3. The third kappa shape index (κ3) is 5.73. The zero-order chi connectivity index (χ0) is 15.8. The summed E-state index contributed by atoms with van der Waals surface area (Å²) in [7, 11) is 1.51. The molecule has 0 fully saturated rings. The summed E-state index contributed by atoms with van der Waals surface area (Å²) >= 11 is 7.57. The lowest BCUT2D eigenvalue weighted by molar-refractivity contribution is -0.117. The minimum absolute atomic E-state index is 0.343. The fourth-order valence-electron chi connectivity index (χ4n) is 1.65. The number of primary amides is 1. The van der Waals surface area contributed by atoms with Gasteiger partial charge in [0.2, 0.25) is 5.91 Å². The SMILES string of the molecule is COc1ccc(NC(=O)[C@@H](CCSC)NC(N)=O)cc1Cl. The zero-order valence-corrected chi connectivity index (χ0v) is 13.4. The molecule has 4 N–H and O–H groups in total. The summed E-state index contributed by atoms with van der Waals surface area (Å²) in [5.41, 5.74) is 5.60. The summed E-state index contributed by atoms with van der Waals surface area (Å²) in [5, 5.41) is 5.51. The van der Waals surface area contributed by atoms with Crippen molar-refractivity contribution in [2.45, 2.75) is 12.5 Å². The number of benzene rings is 1. The van der Waals surface area contributed by atoms with Gasteiger partial charge < -0.3 is 21.1 Å². The Balaban J connectivity index is 2.75. The van der Waals surface area contributed by atoms with Crippen LogP contribution in [0, 0.1) is 0 Å². The fourth-order valence-corrected chi connectivity index (χ4v) is 2.38. The number of halogens is 1. The zero-order valence-electron chi connectivity index (χ0n) is 11.8. The number of rotatable bonds is 7. The van der Waals surface area contributed by atoms with Gasteiger partial charge in [-0.15, -0.1) is 0 Å². The fraction of sp³-hybridized carbons (Fsp3) is 0.385. The van der Waals surface area contributed by atoms with Gasteiger partial charge >= 0.3 is 6.03 Å². The largest absolute Gasteiger partial charge is 0.495 e. The van der Waals surface area contributed by atoms with E-state index in [1.54, 1.807) is 30.0 Å². The number of carbonyl (C=O) groups is 2. The van der Waals surface area contributed by atoms with Crippen molar-refractivity contribution in [1.29, 1.82) is 0 Å². The Bertz CT molecular complexity index is 513. The van der Waals surface area contributed by atoms with Crippen LogP contribution in [-0.2, 0) is 4.79 Å². The van der Waals surface area contributed by atoms with E-state index in [2.05, 4.69) is 10.6 Å². The van der Waals surface area contributed by atoms with E-state index < -0.39 is 12.1 Å². The molecule has 1 aromatic carbocycles. The first-order chi connectivity index (χ1) is 9.97. The molecule has 3 amide bonds. The highest BCUT2D eigenvalue weighted by molar-refractivity contribution is 7.98. The number of nitrogens with one attached hydrogen (secondary N) is 2. The maximum atomic E-state index is 12.2. The molecule has 0 aromatic heterocycles. The van der Waals surface area contributed by atoms with Gasteiger partial charge in [-0.25, -0.2) is 4.79 Å². The van der Waals surface area contributed by atoms with Crippen LogP contribution < -0.4 is 21.1 Å². The van der Waals surface area contributed by atoms with Gasteiger partial charge in [0, 0.05) is 5.69 Å². The van der Waals surface area contributed by atoms with Crippen LogP contribution >= 0.6 is 23.4 Å². The number of thioether (sulfide) groups is 1. The molecule has 0 saturated carbocycles. The van der Waals surface area contributed by atoms with Crippen molar-refractivity contribution in [1.82, 2.24) is 5.32 Å². The Labute approximate surface area is 132 Å². The van der Waals surface area contributed by atoms with Crippen LogP contribution in [0.15, 0.2) is 18.2 Å². The first kappa shape index (κ1) is 17.5. The summed E-state index contributed by atoms with van der Waals surface area (Å²) in [6.07, 6.45) is 2.41. The Kier molecular flexibility index (Phi) is 7.18. The van der Waals surface area contributed by atoms with Gasteiger partial charge in [-0.1, -0.05) is 11.6 Å². The summed E-state index contributed by atoms with van der Waals surface area (Å²) in [6, 6.07) is 3.48. The van der Waals surface area contributed by atoms with E-state index in [1.165, 1.54) is 7.11 Å². The molecule has 1 rings (SSSR count). The Morgan fingerprint density at radius 3 is 2.71 bits per heavy atom. The van der Waals surface area contributed by atoms with Crippen molar-refractivity contribution in [2.75, 3.05) is 24.4 Å². The highest BCUT2D eigenvalue weighted by Crippen LogP contribution is 2.27. The Morgan fingerprint density at radius 1 is 1.48 bits per heavy atom. The van der Waals surface area contributed by atoms with Crippen LogP contribution in [0.3, 0.4) is 0 Å². The Hall–Kier alpha value is -1.60. The number of carbonyl (C=O) groups excluding carboxylic acids is 2. The molecule has 21 heavy (non-hydrogen) atoms. The van der Waals surface area contributed by atoms with Gasteiger partial charge in [0.05, 0.1) is 12.1 Å². The molecule has 0 aliphatic carbocycles. The van der Waals surface area contributed by atoms with Gasteiger partial charge in [-0.2, -0.15) is 11.8 Å². The minimum atomic E-state index is -0.732. The first-order valence-corrected chi connectivity index (χ1v) is 7.94. The van der Waals surface area contributed by atoms with Gasteiger partial charge in [0.25, 0.3) is 0 Å². The number of methoxy groups -OCH3 is 1. The smallest absolute Gasteiger partial charge is 0.312 e. The molecule has 116 valence electrons. The molecule has 0 spiro atoms. The summed E-state index contributed by atoms with van der Waals surface area (Å²) in [5.74, 6) is 0.898. The number of amides is 3. The quantitative estimate of drug-likeness (QED) is 0.713. The summed E-state index contributed by atoms with van der Waals surface area (Å²) in [4.78, 5) is 23.1. The second-order valence-electron chi connectivity index (χ2n) is 4.18. The van der Waals surface area contributed by atoms with Crippen molar-refractivity contribution >= 4 is 41.0 Å². The van der Waals surface area contributed by atoms with E-state index >= 15 is 0 Å². The van der Waals surface area contributed by atoms with Gasteiger partial charge in [-0.3, -0.25) is 4.79 Å². The van der Waals surface area contributed by atoms with E-state index in [-0.39, 0.29) is 5.91 Å². The predicted octanol–water partition coefficient (Wildman–Crippen LogP) is 2.08. The van der Waals surface area contributed by atoms with Crippen LogP contribution in [-0.4, -0.2) is 37.1 Å². The van der Waals surface area contributed by atoms with Crippen LogP contribution in [0.4, 0.5) is 10.5 Å². The molecular formula is C13H18ClN3O3S. The molecule has 0 aliphatic heterocycles. The molecule has 6 nitrogen and oxygen atoms in total. The molecule has 0 unspecified atom stereocenters. The lowest BCUT2D eigenvalue weighted by Gasteiger charge is -2.17. The summed E-state index contributed by atoms with van der Waals surface area (Å²) in [6.45, 7) is 0. The van der Waals surface area contributed by atoms with E-state index in [0.29, 0.717) is 22.9 Å². The molecule has 0 heterocycles. The number of anilines is 1. The lowest BCUT2D eigenvalue weighted by Crippen LogP contribution is -2.46. The van der Waals surface area contributed by atoms with Gasteiger partial charge in [0.15, 0.2) is 0 Å². The highest BCUT2D eigenvalue weighted by Gasteiger charge is 2.19. The molecule has 0 saturated heterocycles. The number of hydrogen-bond acceptors (Lipinski definition) is 4.